The zero-order chi connectivity index (χ0) is 9.68. The fraction of sp³-hybridized carbons (Fsp3) is 0.125. The molecule has 1 rings (SSSR count). The van der Waals surface area contributed by atoms with Crippen LogP contribution in [0.3, 0.4) is 0 Å². The number of nitrogens with zero attached hydrogens (tertiary/aromatic N) is 2. The summed E-state index contributed by atoms with van der Waals surface area (Å²) in [5.41, 5.74) is 5.65. The summed E-state index contributed by atoms with van der Waals surface area (Å²) in [7, 11) is 1.73. The van der Waals surface area contributed by atoms with Crippen molar-refractivity contribution in [2.75, 3.05) is 12.4 Å². The van der Waals surface area contributed by atoms with E-state index in [-0.39, 0.29) is 0 Å². The van der Waals surface area contributed by atoms with Crippen LogP contribution in [-0.2, 0) is 4.79 Å². The number of hydrogen-bond acceptors (Lipinski definition) is 4. The minimum Gasteiger partial charge on any atom is -0.366 e. The molecule has 0 aliphatic carbocycles. The van der Waals surface area contributed by atoms with Crippen molar-refractivity contribution in [3.05, 3.63) is 24.0 Å². The molecule has 1 aromatic rings. The smallest absolute Gasteiger partial charge is 0.241 e. The summed E-state index contributed by atoms with van der Waals surface area (Å²) in [6.45, 7) is 0. The largest absolute Gasteiger partial charge is 0.366 e. The molecule has 3 N–H and O–H groups in total. The summed E-state index contributed by atoms with van der Waals surface area (Å²) in [5.74, 6) is 0.0499. The van der Waals surface area contributed by atoms with Gasteiger partial charge in [0.1, 0.15) is 0 Å². The second-order valence-corrected chi connectivity index (χ2v) is 2.33. The van der Waals surface area contributed by atoms with Crippen molar-refractivity contribution in [1.82, 2.24) is 9.97 Å². The van der Waals surface area contributed by atoms with Gasteiger partial charge < -0.3 is 11.1 Å². The molecular weight excluding hydrogens is 168 g/mol. The molecule has 0 atom stereocenters. The van der Waals surface area contributed by atoms with Gasteiger partial charge in [-0.3, -0.25) is 4.79 Å². The number of carbonyl (C=O) groups is 1. The summed E-state index contributed by atoms with van der Waals surface area (Å²) >= 11 is 0. The normalized spacial score (nSPS) is 10.2. The lowest BCUT2D eigenvalue weighted by molar-refractivity contribution is -0.113. The Morgan fingerprint density at radius 1 is 1.54 bits per heavy atom. The van der Waals surface area contributed by atoms with Crippen molar-refractivity contribution in [1.29, 1.82) is 0 Å². The quantitative estimate of drug-likeness (QED) is 0.639. The Bertz CT molecular complexity index is 317. The first kappa shape index (κ1) is 9.18. The average molecular weight is 178 g/mol. The lowest BCUT2D eigenvalue weighted by atomic mass is 10.3. The molecule has 5 nitrogen and oxygen atoms in total. The molecule has 1 aromatic heterocycles. The van der Waals surface area contributed by atoms with Crippen molar-refractivity contribution in [2.45, 2.75) is 0 Å². The van der Waals surface area contributed by atoms with E-state index in [0.29, 0.717) is 5.95 Å². The molecule has 68 valence electrons. The molecule has 13 heavy (non-hydrogen) atoms. The summed E-state index contributed by atoms with van der Waals surface area (Å²) in [5, 5.41) is 2.78. The number of nitrogens with two attached hydrogens (primary N) is 1. The zero-order valence-corrected chi connectivity index (χ0v) is 7.19. The van der Waals surface area contributed by atoms with Crippen LogP contribution in [0.5, 0.6) is 0 Å². The van der Waals surface area contributed by atoms with Gasteiger partial charge in [-0.15, -0.1) is 0 Å². The Balaban J connectivity index is 2.75. The Kier molecular flexibility index (Phi) is 2.97. The van der Waals surface area contributed by atoms with Crippen molar-refractivity contribution >= 4 is 17.9 Å². The maximum atomic E-state index is 10.4. The molecule has 0 aliphatic rings. The molecule has 1 amide bonds. The second-order valence-electron chi connectivity index (χ2n) is 2.33. The molecule has 0 saturated heterocycles. The summed E-state index contributed by atoms with van der Waals surface area (Å²) in [4.78, 5) is 18.3. The van der Waals surface area contributed by atoms with E-state index in [4.69, 9.17) is 5.73 Å². The minimum atomic E-state index is -0.488. The van der Waals surface area contributed by atoms with Crippen molar-refractivity contribution in [2.24, 2.45) is 5.73 Å². The van der Waals surface area contributed by atoms with Gasteiger partial charge in [-0.2, -0.15) is 0 Å². The Labute approximate surface area is 75.7 Å². The van der Waals surface area contributed by atoms with Gasteiger partial charge in [-0.05, 0) is 6.08 Å². The third-order valence-electron chi connectivity index (χ3n) is 1.34. The zero-order valence-electron chi connectivity index (χ0n) is 7.19. The van der Waals surface area contributed by atoms with Gasteiger partial charge in [0.2, 0.25) is 11.9 Å². The number of carbonyl (C=O) groups excluding carboxylic acids is 1. The van der Waals surface area contributed by atoms with Crippen LogP contribution in [0.2, 0.25) is 0 Å². The van der Waals surface area contributed by atoms with Gasteiger partial charge in [0.05, 0.1) is 0 Å². The van der Waals surface area contributed by atoms with Gasteiger partial charge >= 0.3 is 0 Å². The van der Waals surface area contributed by atoms with Crippen LogP contribution in [0.1, 0.15) is 5.56 Å². The highest BCUT2D eigenvalue weighted by molar-refractivity contribution is 5.90. The molecule has 5 heteroatoms. The Morgan fingerprint density at radius 2 is 2.15 bits per heavy atom. The molecular formula is C8H10N4O. The standard InChI is InChI=1S/C8H10N4O/c1-10-8-11-4-6(5-12-8)2-3-7(9)13/h2-5H,1H3,(H2,9,13)(H,10,11,12). The lowest BCUT2D eigenvalue weighted by Gasteiger charge is -1.96. The molecule has 0 spiro atoms. The van der Waals surface area contributed by atoms with E-state index in [2.05, 4.69) is 15.3 Å². The van der Waals surface area contributed by atoms with E-state index in [1.54, 1.807) is 25.5 Å². The molecule has 0 aromatic carbocycles. The van der Waals surface area contributed by atoms with Crippen LogP contribution >= 0.6 is 0 Å². The van der Waals surface area contributed by atoms with Crippen LogP contribution in [0, 0.1) is 0 Å². The van der Waals surface area contributed by atoms with Crippen LogP contribution in [0.25, 0.3) is 6.08 Å². The maximum Gasteiger partial charge on any atom is 0.241 e. The fourth-order valence-electron chi connectivity index (χ4n) is 0.732. The SMILES string of the molecule is CNc1ncc(C=CC(N)=O)cn1. The third-order valence-corrected chi connectivity index (χ3v) is 1.34. The highest BCUT2D eigenvalue weighted by atomic mass is 16.1. The van der Waals surface area contributed by atoms with Gasteiger partial charge in [0.25, 0.3) is 0 Å². The number of primary amides is 1. The predicted octanol–water partition coefficient (Wildman–Crippen LogP) is 0.0168. The summed E-state index contributed by atoms with van der Waals surface area (Å²) in [6.07, 6.45) is 6.01. The summed E-state index contributed by atoms with van der Waals surface area (Å²) < 4.78 is 0. The highest BCUT2D eigenvalue weighted by Crippen LogP contribution is 2.00. The van der Waals surface area contributed by atoms with E-state index in [9.17, 15) is 4.79 Å². The minimum absolute atomic E-state index is 0.488. The van der Waals surface area contributed by atoms with E-state index < -0.39 is 5.91 Å². The number of nitrogens with one attached hydrogen (secondary N) is 1. The van der Waals surface area contributed by atoms with E-state index in [0.717, 1.165) is 5.56 Å². The van der Waals surface area contributed by atoms with Crippen LogP contribution in [-0.4, -0.2) is 22.9 Å². The Hall–Kier alpha value is -1.91. The number of amides is 1. The van der Waals surface area contributed by atoms with Crippen molar-refractivity contribution < 1.29 is 4.79 Å². The number of rotatable bonds is 3. The van der Waals surface area contributed by atoms with E-state index in [1.165, 1.54) is 6.08 Å². The predicted molar refractivity (Wildman–Crippen MR) is 49.8 cm³/mol. The molecule has 0 fully saturated rings. The number of aromatic nitrogens is 2. The van der Waals surface area contributed by atoms with Gasteiger partial charge in [0, 0.05) is 31.1 Å². The van der Waals surface area contributed by atoms with Gasteiger partial charge in [0.15, 0.2) is 0 Å². The Morgan fingerprint density at radius 3 is 2.62 bits per heavy atom. The molecule has 1 heterocycles. The van der Waals surface area contributed by atoms with Crippen molar-refractivity contribution in [3.8, 4) is 0 Å². The van der Waals surface area contributed by atoms with Crippen LogP contribution in [0.4, 0.5) is 5.95 Å². The maximum absolute atomic E-state index is 10.4. The topological polar surface area (TPSA) is 80.9 Å². The monoisotopic (exact) mass is 178 g/mol. The lowest BCUT2D eigenvalue weighted by Crippen LogP contribution is -2.05. The van der Waals surface area contributed by atoms with Gasteiger partial charge in [-0.25, -0.2) is 9.97 Å². The third kappa shape index (κ3) is 2.90. The average Bonchev–Trinajstić information content (AvgIpc) is 2.15. The van der Waals surface area contributed by atoms with E-state index >= 15 is 0 Å². The molecule has 0 saturated carbocycles. The molecule has 0 unspecified atom stereocenters. The summed E-state index contributed by atoms with van der Waals surface area (Å²) in [6, 6.07) is 0. The molecule has 0 bridgehead atoms. The van der Waals surface area contributed by atoms with Gasteiger partial charge in [-0.1, -0.05) is 0 Å². The van der Waals surface area contributed by atoms with Crippen LogP contribution < -0.4 is 11.1 Å². The first-order valence-corrected chi connectivity index (χ1v) is 3.69. The number of hydrogen-bond donors (Lipinski definition) is 2. The highest BCUT2D eigenvalue weighted by Gasteiger charge is 1.91. The van der Waals surface area contributed by atoms with E-state index in [1.807, 2.05) is 0 Å². The first-order chi connectivity index (χ1) is 6.22. The fourth-order valence-corrected chi connectivity index (χ4v) is 0.732. The number of anilines is 1. The molecule has 0 radical (unpaired) electrons. The second kappa shape index (κ2) is 4.20. The van der Waals surface area contributed by atoms with Crippen LogP contribution in [0.15, 0.2) is 18.5 Å². The molecule has 0 aliphatic heterocycles. The van der Waals surface area contributed by atoms with Crippen molar-refractivity contribution in [3.63, 3.8) is 0 Å². The first-order valence-electron chi connectivity index (χ1n) is 3.69.